The summed E-state index contributed by atoms with van der Waals surface area (Å²) in [6.45, 7) is 0. The quantitative estimate of drug-likeness (QED) is 0.703. The van der Waals surface area contributed by atoms with E-state index < -0.39 is 0 Å². The van der Waals surface area contributed by atoms with Crippen molar-refractivity contribution >= 4 is 34.5 Å². The summed E-state index contributed by atoms with van der Waals surface area (Å²) in [6, 6.07) is 9.30. The molecule has 1 aromatic carbocycles. The summed E-state index contributed by atoms with van der Waals surface area (Å²) in [7, 11) is 0. The van der Waals surface area contributed by atoms with E-state index in [0.29, 0.717) is 5.15 Å². The largest absolute Gasteiger partial charge is 0.360 e. The number of hydrogen-bond donors (Lipinski definition) is 2. The summed E-state index contributed by atoms with van der Waals surface area (Å²) in [5, 5.41) is 25.9. The molecule has 114 valence electrons. The van der Waals surface area contributed by atoms with Gasteiger partial charge in [-0.05, 0) is 29.5 Å². The van der Waals surface area contributed by atoms with Crippen LogP contribution in [0.4, 0.5) is 5.69 Å². The molecule has 3 aromatic rings. The molecule has 3 rings (SSSR count). The Morgan fingerprint density at radius 2 is 2.09 bits per heavy atom. The second-order valence-corrected chi connectivity index (χ2v) is 5.01. The highest BCUT2D eigenvalue weighted by Crippen LogP contribution is 2.24. The average molecular weight is 347 g/mol. The summed E-state index contributed by atoms with van der Waals surface area (Å²) in [5.41, 5.74) is 1.84. The second-order valence-electron chi connectivity index (χ2n) is 4.29. The van der Waals surface area contributed by atoms with E-state index in [-0.39, 0.29) is 16.6 Å². The molecule has 0 bridgehead atoms. The number of nitrogens with one attached hydrogen (secondary N) is 2. The fraction of sp³-hybridized carbons (Fsp3) is 0. The lowest BCUT2D eigenvalue weighted by Crippen LogP contribution is -1.95. The summed E-state index contributed by atoms with van der Waals surface area (Å²) in [5.74, 6) is 0.219. The van der Waals surface area contributed by atoms with Crippen LogP contribution in [0, 0.1) is 11.3 Å². The van der Waals surface area contributed by atoms with Crippen molar-refractivity contribution in [3.05, 3.63) is 52.9 Å². The van der Waals surface area contributed by atoms with Crippen molar-refractivity contribution in [2.45, 2.75) is 0 Å². The van der Waals surface area contributed by atoms with E-state index in [0.717, 1.165) is 11.4 Å². The van der Waals surface area contributed by atoms with Crippen molar-refractivity contribution in [3.63, 3.8) is 0 Å². The first kappa shape index (κ1) is 15.0. The Hall–Kier alpha value is -2.89. The lowest BCUT2D eigenvalue weighted by atomic mass is 10.2. The Bertz CT molecular complexity index is 874. The number of nitriles is 1. The number of imidazole rings is 1. The van der Waals surface area contributed by atoms with Gasteiger partial charge < -0.3 is 5.32 Å². The van der Waals surface area contributed by atoms with Crippen LogP contribution in [-0.4, -0.2) is 30.2 Å². The minimum Gasteiger partial charge on any atom is -0.360 e. The van der Waals surface area contributed by atoms with Crippen molar-refractivity contribution < 1.29 is 0 Å². The number of tetrazole rings is 1. The number of rotatable bonds is 4. The van der Waals surface area contributed by atoms with Crippen molar-refractivity contribution in [2.75, 3.05) is 5.32 Å². The van der Waals surface area contributed by atoms with Gasteiger partial charge in [-0.2, -0.15) is 10.5 Å². The lowest BCUT2D eigenvalue weighted by molar-refractivity contribution is 0.881. The summed E-state index contributed by atoms with van der Waals surface area (Å²) >= 11 is 11.9. The van der Waals surface area contributed by atoms with Crippen LogP contribution in [0.2, 0.25) is 10.3 Å². The highest BCUT2D eigenvalue weighted by molar-refractivity contribution is 6.40. The molecule has 10 heteroatoms. The molecule has 0 aliphatic rings. The SMILES string of the molecule is N#CC(=CNc1ccc(-n2cnc(Cl)c2Cl)cc1)c1nn[nH]n1. The van der Waals surface area contributed by atoms with Crippen LogP contribution in [0.15, 0.2) is 36.8 Å². The first-order valence-corrected chi connectivity index (χ1v) is 7.04. The average Bonchev–Trinajstić information content (AvgIpc) is 3.21. The molecular weight excluding hydrogens is 339 g/mol. The Balaban J connectivity index is 1.78. The van der Waals surface area contributed by atoms with Crippen molar-refractivity contribution in [3.8, 4) is 11.8 Å². The molecule has 0 unspecified atom stereocenters. The smallest absolute Gasteiger partial charge is 0.216 e. The molecule has 0 atom stereocenters. The number of benzene rings is 1. The Labute approximate surface area is 140 Å². The lowest BCUT2D eigenvalue weighted by Gasteiger charge is -2.06. The van der Waals surface area contributed by atoms with Crippen LogP contribution >= 0.6 is 23.2 Å². The zero-order valence-electron chi connectivity index (χ0n) is 11.4. The van der Waals surface area contributed by atoms with Gasteiger partial charge in [-0.15, -0.1) is 10.2 Å². The van der Waals surface area contributed by atoms with Crippen LogP contribution < -0.4 is 5.32 Å². The van der Waals surface area contributed by atoms with Gasteiger partial charge in [0, 0.05) is 17.6 Å². The molecule has 8 nitrogen and oxygen atoms in total. The van der Waals surface area contributed by atoms with Gasteiger partial charge in [-0.25, -0.2) is 4.98 Å². The van der Waals surface area contributed by atoms with Gasteiger partial charge >= 0.3 is 0 Å². The molecule has 0 aliphatic heterocycles. The molecule has 0 saturated heterocycles. The molecular formula is C13H8Cl2N8. The number of halogens is 2. The molecule has 2 heterocycles. The molecule has 0 radical (unpaired) electrons. The minimum absolute atomic E-state index is 0.219. The van der Waals surface area contributed by atoms with E-state index in [1.807, 2.05) is 30.3 Å². The topological polar surface area (TPSA) is 108 Å². The fourth-order valence-corrected chi connectivity index (χ4v) is 2.11. The molecule has 2 aromatic heterocycles. The Morgan fingerprint density at radius 1 is 1.30 bits per heavy atom. The monoisotopic (exact) mass is 346 g/mol. The van der Waals surface area contributed by atoms with Crippen molar-refractivity contribution in [2.24, 2.45) is 0 Å². The van der Waals surface area contributed by atoms with E-state index in [4.69, 9.17) is 28.5 Å². The number of allylic oxidation sites excluding steroid dienone is 1. The van der Waals surface area contributed by atoms with Crippen LogP contribution in [0.25, 0.3) is 11.3 Å². The summed E-state index contributed by atoms with van der Waals surface area (Å²) in [4.78, 5) is 3.93. The van der Waals surface area contributed by atoms with E-state index in [1.165, 1.54) is 12.5 Å². The van der Waals surface area contributed by atoms with E-state index in [9.17, 15) is 0 Å². The van der Waals surface area contributed by atoms with Gasteiger partial charge in [0.25, 0.3) is 0 Å². The zero-order valence-corrected chi connectivity index (χ0v) is 12.9. The van der Waals surface area contributed by atoms with Gasteiger partial charge in [-0.1, -0.05) is 23.2 Å². The van der Waals surface area contributed by atoms with Crippen LogP contribution in [0.5, 0.6) is 0 Å². The maximum atomic E-state index is 9.08. The first-order valence-electron chi connectivity index (χ1n) is 6.28. The van der Waals surface area contributed by atoms with Crippen LogP contribution in [-0.2, 0) is 0 Å². The van der Waals surface area contributed by atoms with Gasteiger partial charge in [0.15, 0.2) is 10.3 Å². The Morgan fingerprint density at radius 3 is 2.65 bits per heavy atom. The zero-order chi connectivity index (χ0) is 16.2. The molecule has 0 spiro atoms. The standard InChI is InChI=1S/C13H8Cl2N8/c14-11-12(15)23(7-18-11)10-3-1-9(2-4-10)17-6-8(5-16)13-19-21-22-20-13/h1-4,6-7,17H,(H,19,20,21,22). The van der Waals surface area contributed by atoms with Gasteiger partial charge in [0.2, 0.25) is 5.82 Å². The van der Waals surface area contributed by atoms with Gasteiger partial charge in [-0.3, -0.25) is 4.57 Å². The van der Waals surface area contributed by atoms with Crippen molar-refractivity contribution in [1.82, 2.24) is 30.2 Å². The number of aromatic amines is 1. The summed E-state index contributed by atoms with van der Waals surface area (Å²) in [6.07, 6.45) is 3.04. The molecule has 23 heavy (non-hydrogen) atoms. The first-order chi connectivity index (χ1) is 11.2. The van der Waals surface area contributed by atoms with E-state index in [1.54, 1.807) is 4.57 Å². The molecule has 2 N–H and O–H groups in total. The number of H-pyrrole nitrogens is 1. The predicted octanol–water partition coefficient (Wildman–Crippen LogP) is 2.67. The van der Waals surface area contributed by atoms with Crippen LogP contribution in [0.3, 0.4) is 0 Å². The number of hydrogen-bond acceptors (Lipinski definition) is 6. The summed E-state index contributed by atoms with van der Waals surface area (Å²) < 4.78 is 1.66. The number of nitrogens with zero attached hydrogens (tertiary/aromatic N) is 6. The fourth-order valence-electron chi connectivity index (χ4n) is 1.79. The molecule has 0 fully saturated rings. The third-order valence-electron chi connectivity index (χ3n) is 2.90. The van der Waals surface area contributed by atoms with E-state index in [2.05, 4.69) is 30.9 Å². The number of aromatic nitrogens is 6. The predicted molar refractivity (Wildman–Crippen MR) is 85.0 cm³/mol. The number of anilines is 1. The highest BCUT2D eigenvalue weighted by atomic mass is 35.5. The third-order valence-corrected chi connectivity index (χ3v) is 3.64. The minimum atomic E-state index is 0.219. The maximum absolute atomic E-state index is 9.08. The normalized spacial score (nSPS) is 11.3. The van der Waals surface area contributed by atoms with Crippen molar-refractivity contribution in [1.29, 1.82) is 5.26 Å². The molecule has 0 amide bonds. The highest BCUT2D eigenvalue weighted by Gasteiger charge is 2.08. The van der Waals surface area contributed by atoms with Gasteiger partial charge in [0.1, 0.15) is 18.0 Å². The van der Waals surface area contributed by atoms with E-state index >= 15 is 0 Å². The van der Waals surface area contributed by atoms with Gasteiger partial charge in [0.05, 0.1) is 0 Å². The maximum Gasteiger partial charge on any atom is 0.216 e. The third kappa shape index (κ3) is 3.15. The molecule has 0 aliphatic carbocycles. The van der Waals surface area contributed by atoms with Crippen LogP contribution in [0.1, 0.15) is 5.82 Å². The molecule has 0 saturated carbocycles. The Kier molecular flexibility index (Phi) is 4.23. The second kappa shape index (κ2) is 6.48.